The summed E-state index contributed by atoms with van der Waals surface area (Å²) >= 11 is 0. The summed E-state index contributed by atoms with van der Waals surface area (Å²) in [6, 6.07) is 14.7. The molecule has 0 saturated carbocycles. The van der Waals surface area contributed by atoms with Crippen LogP contribution in [0.5, 0.6) is 0 Å². The molecule has 0 aliphatic carbocycles. The van der Waals surface area contributed by atoms with E-state index in [4.69, 9.17) is 15.7 Å². The SMILES string of the molecule is CC(C)n1cnc2c(Nc3cccc(NC(=O)c4ccc(N)cc4)c3)nc(N3CCCCC3CCO)nc21. The molecule has 2 aromatic carbocycles. The molecule has 0 bridgehead atoms. The van der Waals surface area contributed by atoms with Crippen LogP contribution in [-0.2, 0) is 0 Å². The maximum Gasteiger partial charge on any atom is 0.255 e. The Labute approximate surface area is 221 Å². The number of nitrogens with two attached hydrogens (primary N) is 1. The fraction of sp³-hybridized carbons (Fsp3) is 0.357. The molecule has 198 valence electrons. The van der Waals surface area contributed by atoms with Crippen molar-refractivity contribution in [3.8, 4) is 0 Å². The second kappa shape index (κ2) is 11.1. The molecule has 1 aliphatic heterocycles. The Kier molecular flexibility index (Phi) is 7.41. The number of nitrogens with one attached hydrogen (secondary N) is 2. The molecule has 3 heterocycles. The molecule has 1 aliphatic rings. The lowest BCUT2D eigenvalue weighted by atomic mass is 10.0. The Balaban J connectivity index is 1.46. The van der Waals surface area contributed by atoms with Gasteiger partial charge in [-0.05, 0) is 82.0 Å². The summed E-state index contributed by atoms with van der Waals surface area (Å²) in [6.07, 6.45) is 5.68. The molecule has 5 N–H and O–H groups in total. The van der Waals surface area contributed by atoms with E-state index >= 15 is 0 Å². The third-order valence-corrected chi connectivity index (χ3v) is 6.87. The highest BCUT2D eigenvalue weighted by atomic mass is 16.3. The van der Waals surface area contributed by atoms with E-state index in [0.29, 0.717) is 40.6 Å². The minimum Gasteiger partial charge on any atom is -0.399 e. The third kappa shape index (κ3) is 5.40. The van der Waals surface area contributed by atoms with E-state index in [1.54, 1.807) is 30.6 Å². The van der Waals surface area contributed by atoms with Gasteiger partial charge in [0.05, 0.1) is 6.33 Å². The number of carbonyl (C=O) groups excluding carboxylic acids is 1. The number of benzene rings is 2. The summed E-state index contributed by atoms with van der Waals surface area (Å²) in [5, 5.41) is 16.0. The van der Waals surface area contributed by atoms with Gasteiger partial charge in [-0.15, -0.1) is 0 Å². The number of carbonyl (C=O) groups is 1. The van der Waals surface area contributed by atoms with E-state index in [0.717, 1.165) is 37.1 Å². The van der Waals surface area contributed by atoms with Gasteiger partial charge in [0, 0.05) is 47.9 Å². The lowest BCUT2D eigenvalue weighted by Crippen LogP contribution is -2.41. The minimum atomic E-state index is -0.218. The smallest absolute Gasteiger partial charge is 0.255 e. The fourth-order valence-corrected chi connectivity index (χ4v) is 4.86. The molecule has 1 atom stereocenters. The topological polar surface area (TPSA) is 134 Å². The van der Waals surface area contributed by atoms with Crippen molar-refractivity contribution in [3.63, 3.8) is 0 Å². The summed E-state index contributed by atoms with van der Waals surface area (Å²) in [7, 11) is 0. The zero-order chi connectivity index (χ0) is 26.6. The van der Waals surface area contributed by atoms with Crippen LogP contribution in [0.25, 0.3) is 11.2 Å². The Hall–Kier alpha value is -4.18. The Morgan fingerprint density at radius 1 is 1.13 bits per heavy atom. The molecule has 5 rings (SSSR count). The average molecular weight is 515 g/mol. The third-order valence-electron chi connectivity index (χ3n) is 6.87. The van der Waals surface area contributed by atoms with Crippen LogP contribution in [0.2, 0.25) is 0 Å². The lowest BCUT2D eigenvalue weighted by molar-refractivity contribution is 0.102. The van der Waals surface area contributed by atoms with Crippen molar-refractivity contribution in [3.05, 3.63) is 60.4 Å². The second-order valence-corrected chi connectivity index (χ2v) is 9.93. The predicted molar refractivity (Wildman–Crippen MR) is 151 cm³/mol. The standard InChI is InChI=1S/C28H34N8O2/c1-18(2)36-17-30-24-25(33-28(34-26(24)36)35-14-4-3-8-23(35)13-15-37)31-21-6-5-7-22(16-21)32-27(38)19-9-11-20(29)12-10-19/h5-7,9-12,16-18,23,37H,3-4,8,13-15,29H2,1-2H3,(H,32,38)(H,31,33,34). The molecule has 1 fully saturated rings. The molecule has 0 spiro atoms. The zero-order valence-electron chi connectivity index (χ0n) is 21.8. The summed E-state index contributed by atoms with van der Waals surface area (Å²) < 4.78 is 2.04. The maximum absolute atomic E-state index is 12.7. The first-order valence-corrected chi connectivity index (χ1v) is 13.1. The monoisotopic (exact) mass is 514 g/mol. The second-order valence-electron chi connectivity index (χ2n) is 9.93. The molecule has 10 nitrogen and oxygen atoms in total. The van der Waals surface area contributed by atoms with Crippen LogP contribution < -0.4 is 21.3 Å². The number of anilines is 5. The van der Waals surface area contributed by atoms with Gasteiger partial charge >= 0.3 is 0 Å². The first-order valence-electron chi connectivity index (χ1n) is 13.1. The molecule has 1 saturated heterocycles. The van der Waals surface area contributed by atoms with Crippen LogP contribution in [0, 0.1) is 0 Å². The molecule has 1 amide bonds. The van der Waals surface area contributed by atoms with Crippen molar-refractivity contribution in [1.29, 1.82) is 0 Å². The quantitative estimate of drug-likeness (QED) is 0.248. The zero-order valence-corrected chi connectivity index (χ0v) is 21.8. The highest BCUT2D eigenvalue weighted by Gasteiger charge is 2.26. The first kappa shape index (κ1) is 25.5. The van der Waals surface area contributed by atoms with E-state index in [1.807, 2.05) is 28.8 Å². The van der Waals surface area contributed by atoms with Crippen LogP contribution in [-0.4, -0.2) is 49.7 Å². The number of piperidine rings is 1. The molecule has 38 heavy (non-hydrogen) atoms. The van der Waals surface area contributed by atoms with Gasteiger partial charge in [-0.2, -0.15) is 9.97 Å². The van der Waals surface area contributed by atoms with Gasteiger partial charge in [-0.1, -0.05) is 6.07 Å². The number of amides is 1. The summed E-state index contributed by atoms with van der Waals surface area (Å²) in [6.45, 7) is 5.17. The molecule has 1 unspecified atom stereocenters. The Bertz CT molecular complexity index is 1410. The van der Waals surface area contributed by atoms with E-state index in [-0.39, 0.29) is 24.6 Å². The molecular weight excluding hydrogens is 480 g/mol. The number of rotatable bonds is 8. The molecular formula is C28H34N8O2. The molecule has 10 heteroatoms. The number of hydrogen-bond donors (Lipinski definition) is 4. The summed E-state index contributed by atoms with van der Waals surface area (Å²) in [5.41, 5.74) is 9.71. The highest BCUT2D eigenvalue weighted by molar-refractivity contribution is 6.04. The summed E-state index contributed by atoms with van der Waals surface area (Å²) in [5.74, 6) is 1.01. The number of imidazole rings is 1. The number of nitrogen functional groups attached to an aromatic ring is 1. The van der Waals surface area contributed by atoms with Crippen molar-refractivity contribution in [2.24, 2.45) is 0 Å². The largest absolute Gasteiger partial charge is 0.399 e. The maximum atomic E-state index is 12.7. The highest BCUT2D eigenvalue weighted by Crippen LogP contribution is 2.31. The van der Waals surface area contributed by atoms with Crippen molar-refractivity contribution >= 4 is 45.9 Å². The number of nitrogens with zero attached hydrogens (tertiary/aromatic N) is 5. The molecule has 2 aromatic heterocycles. The van der Waals surface area contributed by atoms with E-state index in [1.165, 1.54) is 0 Å². The van der Waals surface area contributed by atoms with Crippen LogP contribution in [0.4, 0.5) is 28.8 Å². The first-order chi connectivity index (χ1) is 18.4. The number of fused-ring (bicyclic) bond motifs is 1. The molecule has 0 radical (unpaired) electrons. The fourth-order valence-electron chi connectivity index (χ4n) is 4.86. The Morgan fingerprint density at radius 2 is 1.92 bits per heavy atom. The normalized spacial score (nSPS) is 15.7. The van der Waals surface area contributed by atoms with Crippen molar-refractivity contribution < 1.29 is 9.90 Å². The molecule has 4 aromatic rings. The van der Waals surface area contributed by atoms with Gasteiger partial charge in [-0.25, -0.2) is 4.98 Å². The van der Waals surface area contributed by atoms with Gasteiger partial charge in [-0.3, -0.25) is 4.79 Å². The van der Waals surface area contributed by atoms with Gasteiger partial charge in [0.1, 0.15) is 0 Å². The van der Waals surface area contributed by atoms with Crippen LogP contribution >= 0.6 is 0 Å². The summed E-state index contributed by atoms with van der Waals surface area (Å²) in [4.78, 5) is 29.4. The van der Waals surface area contributed by atoms with Crippen LogP contribution in [0.1, 0.15) is 55.9 Å². The Morgan fingerprint density at radius 3 is 2.68 bits per heavy atom. The predicted octanol–water partition coefficient (Wildman–Crippen LogP) is 4.73. The van der Waals surface area contributed by atoms with Crippen LogP contribution in [0.3, 0.4) is 0 Å². The van der Waals surface area contributed by atoms with Crippen molar-refractivity contribution in [2.75, 3.05) is 34.4 Å². The van der Waals surface area contributed by atoms with Gasteiger partial charge in [0.15, 0.2) is 17.0 Å². The number of hydrogen-bond acceptors (Lipinski definition) is 8. The number of aliphatic hydroxyl groups excluding tert-OH is 1. The number of aliphatic hydroxyl groups is 1. The van der Waals surface area contributed by atoms with Gasteiger partial charge < -0.3 is 30.9 Å². The van der Waals surface area contributed by atoms with Crippen molar-refractivity contribution in [2.45, 2.75) is 51.6 Å². The van der Waals surface area contributed by atoms with Crippen LogP contribution in [0.15, 0.2) is 54.9 Å². The number of aromatic nitrogens is 4. The minimum absolute atomic E-state index is 0.132. The van der Waals surface area contributed by atoms with E-state index in [2.05, 4.69) is 34.4 Å². The van der Waals surface area contributed by atoms with Gasteiger partial charge in [0.25, 0.3) is 5.91 Å². The van der Waals surface area contributed by atoms with E-state index in [9.17, 15) is 9.90 Å². The lowest BCUT2D eigenvalue weighted by Gasteiger charge is -2.35. The van der Waals surface area contributed by atoms with Crippen molar-refractivity contribution in [1.82, 2.24) is 19.5 Å². The van der Waals surface area contributed by atoms with E-state index < -0.39 is 0 Å². The average Bonchev–Trinajstić information content (AvgIpc) is 3.35. The van der Waals surface area contributed by atoms with Gasteiger partial charge in [0.2, 0.25) is 5.95 Å².